The summed E-state index contributed by atoms with van der Waals surface area (Å²) in [6.45, 7) is 2.63. The van der Waals surface area contributed by atoms with Crippen LogP contribution in [0.25, 0.3) is 0 Å². The SMILES string of the molecule is COc1ccccc1N1CCN(C(=O)CC(=O)N(C)c2ccccc2)CC1. The van der Waals surface area contributed by atoms with E-state index in [1.807, 2.05) is 54.6 Å². The quantitative estimate of drug-likeness (QED) is 0.762. The summed E-state index contributed by atoms with van der Waals surface area (Å²) in [5, 5.41) is 0. The van der Waals surface area contributed by atoms with Crippen molar-refractivity contribution in [1.82, 2.24) is 4.90 Å². The fraction of sp³-hybridized carbons (Fsp3) is 0.333. The Labute approximate surface area is 159 Å². The van der Waals surface area contributed by atoms with Gasteiger partial charge in [0, 0.05) is 38.9 Å². The molecule has 2 amide bonds. The van der Waals surface area contributed by atoms with E-state index in [0.717, 1.165) is 30.2 Å². The molecule has 1 aliphatic rings. The maximum absolute atomic E-state index is 12.5. The van der Waals surface area contributed by atoms with Gasteiger partial charge in [-0.1, -0.05) is 30.3 Å². The van der Waals surface area contributed by atoms with Gasteiger partial charge in [-0.2, -0.15) is 0 Å². The van der Waals surface area contributed by atoms with Crippen LogP contribution in [0.1, 0.15) is 6.42 Å². The number of methoxy groups -OCH3 is 1. The fourth-order valence-electron chi connectivity index (χ4n) is 3.24. The number of rotatable bonds is 5. The Balaban J connectivity index is 1.55. The van der Waals surface area contributed by atoms with E-state index in [9.17, 15) is 9.59 Å². The Kier molecular flexibility index (Phi) is 5.96. The van der Waals surface area contributed by atoms with Gasteiger partial charge in [-0.15, -0.1) is 0 Å². The Morgan fingerprint density at radius 1 is 0.963 bits per heavy atom. The van der Waals surface area contributed by atoms with Crippen molar-refractivity contribution in [2.24, 2.45) is 0 Å². The summed E-state index contributed by atoms with van der Waals surface area (Å²) >= 11 is 0. The number of amides is 2. The first-order valence-electron chi connectivity index (χ1n) is 9.07. The highest BCUT2D eigenvalue weighted by Gasteiger charge is 2.25. The van der Waals surface area contributed by atoms with Crippen LogP contribution in [0, 0.1) is 0 Å². The van der Waals surface area contributed by atoms with E-state index in [1.54, 1.807) is 19.1 Å². The molecule has 2 aromatic carbocycles. The number of benzene rings is 2. The molecule has 0 radical (unpaired) electrons. The molecule has 0 N–H and O–H groups in total. The predicted molar refractivity (Wildman–Crippen MR) is 106 cm³/mol. The first kappa shape index (κ1) is 18.8. The molecular formula is C21H25N3O3. The summed E-state index contributed by atoms with van der Waals surface area (Å²) in [6, 6.07) is 17.2. The van der Waals surface area contributed by atoms with Crippen LogP contribution >= 0.6 is 0 Å². The van der Waals surface area contributed by atoms with Crippen LogP contribution in [-0.4, -0.2) is 57.1 Å². The Morgan fingerprint density at radius 3 is 2.26 bits per heavy atom. The summed E-state index contributed by atoms with van der Waals surface area (Å²) < 4.78 is 5.42. The molecule has 3 rings (SSSR count). The van der Waals surface area contributed by atoms with Crippen molar-refractivity contribution in [3.05, 3.63) is 54.6 Å². The fourth-order valence-corrected chi connectivity index (χ4v) is 3.24. The second-order valence-corrected chi connectivity index (χ2v) is 6.50. The van der Waals surface area contributed by atoms with Crippen LogP contribution in [0.4, 0.5) is 11.4 Å². The molecule has 142 valence electrons. The number of carbonyl (C=O) groups excluding carboxylic acids is 2. The first-order valence-corrected chi connectivity index (χ1v) is 9.07. The topological polar surface area (TPSA) is 53.1 Å². The van der Waals surface area contributed by atoms with Crippen molar-refractivity contribution < 1.29 is 14.3 Å². The molecule has 0 unspecified atom stereocenters. The molecule has 2 aromatic rings. The van der Waals surface area contributed by atoms with Gasteiger partial charge in [0.2, 0.25) is 11.8 Å². The van der Waals surface area contributed by atoms with E-state index in [4.69, 9.17) is 4.74 Å². The van der Waals surface area contributed by atoms with Crippen molar-refractivity contribution in [1.29, 1.82) is 0 Å². The van der Waals surface area contributed by atoms with E-state index in [-0.39, 0.29) is 18.2 Å². The summed E-state index contributed by atoms with van der Waals surface area (Å²) in [7, 11) is 3.36. The number of hydrogen-bond acceptors (Lipinski definition) is 4. The monoisotopic (exact) mass is 367 g/mol. The van der Waals surface area contributed by atoms with Gasteiger partial charge in [-0.3, -0.25) is 9.59 Å². The largest absolute Gasteiger partial charge is 0.495 e. The molecule has 0 spiro atoms. The van der Waals surface area contributed by atoms with Gasteiger partial charge in [0.15, 0.2) is 0 Å². The molecule has 1 heterocycles. The molecule has 1 fully saturated rings. The third-order valence-corrected chi connectivity index (χ3v) is 4.88. The highest BCUT2D eigenvalue weighted by molar-refractivity contribution is 6.04. The number of nitrogens with zero attached hydrogens (tertiary/aromatic N) is 3. The van der Waals surface area contributed by atoms with Crippen molar-refractivity contribution in [2.75, 3.05) is 50.1 Å². The summed E-state index contributed by atoms with van der Waals surface area (Å²) in [6.07, 6.45) is -0.111. The maximum atomic E-state index is 12.5. The average Bonchev–Trinajstić information content (AvgIpc) is 2.73. The molecule has 1 saturated heterocycles. The van der Waals surface area contributed by atoms with Crippen LogP contribution in [0.3, 0.4) is 0 Å². The molecule has 0 saturated carbocycles. The summed E-state index contributed by atoms with van der Waals surface area (Å²) in [4.78, 5) is 30.5. The third-order valence-electron chi connectivity index (χ3n) is 4.88. The number of hydrogen-bond donors (Lipinski definition) is 0. The van der Waals surface area contributed by atoms with E-state index in [1.165, 1.54) is 4.90 Å². The van der Waals surface area contributed by atoms with Gasteiger partial charge in [-0.05, 0) is 24.3 Å². The van der Waals surface area contributed by atoms with Gasteiger partial charge >= 0.3 is 0 Å². The molecule has 6 nitrogen and oxygen atoms in total. The minimum absolute atomic E-state index is 0.111. The molecular weight excluding hydrogens is 342 g/mol. The third kappa shape index (κ3) is 4.39. The van der Waals surface area contributed by atoms with Crippen LogP contribution in [-0.2, 0) is 9.59 Å². The number of ether oxygens (including phenoxy) is 1. The van der Waals surface area contributed by atoms with Crippen molar-refractivity contribution in [3.63, 3.8) is 0 Å². The van der Waals surface area contributed by atoms with Gasteiger partial charge in [-0.25, -0.2) is 0 Å². The number of piperazine rings is 1. The van der Waals surface area contributed by atoms with Crippen molar-refractivity contribution in [2.45, 2.75) is 6.42 Å². The highest BCUT2D eigenvalue weighted by atomic mass is 16.5. The van der Waals surface area contributed by atoms with E-state index >= 15 is 0 Å². The smallest absolute Gasteiger partial charge is 0.236 e. The Hall–Kier alpha value is -3.02. The Morgan fingerprint density at radius 2 is 1.59 bits per heavy atom. The van der Waals surface area contributed by atoms with E-state index in [2.05, 4.69) is 4.90 Å². The molecule has 0 atom stereocenters. The standard InChI is InChI=1S/C21H25N3O3/c1-22(17-8-4-3-5-9-17)20(25)16-21(26)24-14-12-23(13-15-24)18-10-6-7-11-19(18)27-2/h3-11H,12-16H2,1-2H3. The number of carbonyl (C=O) groups is 2. The van der Waals surface area contributed by atoms with Crippen LogP contribution < -0.4 is 14.5 Å². The van der Waals surface area contributed by atoms with Gasteiger partial charge in [0.1, 0.15) is 12.2 Å². The predicted octanol–water partition coefficient (Wildman–Crippen LogP) is 2.40. The number of para-hydroxylation sites is 3. The average molecular weight is 367 g/mol. The molecule has 0 aliphatic carbocycles. The first-order chi connectivity index (χ1) is 13.1. The van der Waals surface area contributed by atoms with Crippen LogP contribution in [0.15, 0.2) is 54.6 Å². The van der Waals surface area contributed by atoms with Gasteiger partial charge in [0.25, 0.3) is 0 Å². The Bertz CT molecular complexity index is 786. The lowest BCUT2D eigenvalue weighted by Gasteiger charge is -2.36. The zero-order valence-corrected chi connectivity index (χ0v) is 15.8. The minimum atomic E-state index is -0.196. The van der Waals surface area contributed by atoms with Gasteiger partial charge < -0.3 is 19.4 Å². The number of anilines is 2. The van der Waals surface area contributed by atoms with Crippen LogP contribution in [0.2, 0.25) is 0 Å². The zero-order valence-electron chi connectivity index (χ0n) is 15.8. The van der Waals surface area contributed by atoms with Crippen LogP contribution in [0.5, 0.6) is 5.75 Å². The van der Waals surface area contributed by atoms with Crippen molar-refractivity contribution >= 4 is 23.2 Å². The molecule has 0 aromatic heterocycles. The molecule has 0 bridgehead atoms. The second-order valence-electron chi connectivity index (χ2n) is 6.50. The molecule has 1 aliphatic heterocycles. The lowest BCUT2D eigenvalue weighted by Crippen LogP contribution is -2.49. The van der Waals surface area contributed by atoms with Crippen molar-refractivity contribution in [3.8, 4) is 5.75 Å². The summed E-state index contributed by atoms with van der Waals surface area (Å²) in [5.41, 5.74) is 1.82. The highest BCUT2D eigenvalue weighted by Crippen LogP contribution is 2.28. The molecule has 6 heteroatoms. The minimum Gasteiger partial charge on any atom is -0.495 e. The zero-order chi connectivity index (χ0) is 19.2. The van der Waals surface area contributed by atoms with E-state index in [0.29, 0.717) is 13.1 Å². The molecule has 27 heavy (non-hydrogen) atoms. The lowest BCUT2D eigenvalue weighted by atomic mass is 10.2. The maximum Gasteiger partial charge on any atom is 0.236 e. The van der Waals surface area contributed by atoms with E-state index < -0.39 is 0 Å². The second kappa shape index (κ2) is 8.58. The summed E-state index contributed by atoms with van der Waals surface area (Å²) in [5.74, 6) is 0.512. The normalized spacial score (nSPS) is 14.0. The van der Waals surface area contributed by atoms with Gasteiger partial charge in [0.05, 0.1) is 12.8 Å². The lowest BCUT2D eigenvalue weighted by molar-refractivity contribution is -0.135.